The molecular weight excluding hydrogens is 278 g/mol. The first kappa shape index (κ1) is 14.0. The first-order valence-electron chi connectivity index (χ1n) is 6.72. The number of nitrogen functional groups attached to an aromatic ring is 2. The lowest BCUT2D eigenvalue weighted by molar-refractivity contribution is 0.112. The van der Waals surface area contributed by atoms with E-state index in [0.29, 0.717) is 16.9 Å². The quantitative estimate of drug-likeness (QED) is 0.388. The highest BCUT2D eigenvalue weighted by Gasteiger charge is 2.10. The van der Waals surface area contributed by atoms with Gasteiger partial charge in [-0.25, -0.2) is 10.8 Å². The van der Waals surface area contributed by atoms with Crippen LogP contribution in [0.3, 0.4) is 0 Å². The van der Waals surface area contributed by atoms with Gasteiger partial charge in [-0.2, -0.15) is 4.98 Å². The molecule has 5 N–H and O–H groups in total. The summed E-state index contributed by atoms with van der Waals surface area (Å²) in [6, 6.07) is 11.3. The number of aryl methyl sites for hydroxylation is 1. The molecule has 0 unspecified atom stereocenters. The molecule has 110 valence electrons. The molecule has 0 aliphatic carbocycles. The van der Waals surface area contributed by atoms with Crippen LogP contribution in [0.4, 0.5) is 11.8 Å². The first-order valence-corrected chi connectivity index (χ1v) is 6.72. The van der Waals surface area contributed by atoms with E-state index in [1.165, 1.54) is 0 Å². The predicted octanol–water partition coefficient (Wildman–Crippen LogP) is 2.29. The number of hydrogen-bond acceptors (Lipinski definition) is 6. The molecule has 0 atom stereocenters. The second kappa shape index (κ2) is 5.42. The minimum atomic E-state index is 0.150. The van der Waals surface area contributed by atoms with Gasteiger partial charge in [0.15, 0.2) is 12.1 Å². The van der Waals surface area contributed by atoms with Gasteiger partial charge in [-0.1, -0.05) is 29.8 Å². The molecule has 0 radical (unpaired) electrons. The van der Waals surface area contributed by atoms with Crippen LogP contribution in [0.1, 0.15) is 15.9 Å². The summed E-state index contributed by atoms with van der Waals surface area (Å²) in [5, 5.41) is 0.743. The van der Waals surface area contributed by atoms with E-state index in [4.69, 9.17) is 11.6 Å². The van der Waals surface area contributed by atoms with Crippen LogP contribution < -0.4 is 17.0 Å². The number of aldehydes is 1. The molecular formula is C16H15N5O. The summed E-state index contributed by atoms with van der Waals surface area (Å²) in [6.45, 7) is 1.98. The lowest BCUT2D eigenvalue weighted by Gasteiger charge is -2.10. The van der Waals surface area contributed by atoms with Crippen molar-refractivity contribution in [3.63, 3.8) is 0 Å². The van der Waals surface area contributed by atoms with Crippen LogP contribution >= 0.6 is 0 Å². The zero-order chi connectivity index (χ0) is 15.7. The average Bonchev–Trinajstić information content (AvgIpc) is 2.53. The molecule has 6 nitrogen and oxygen atoms in total. The van der Waals surface area contributed by atoms with Crippen molar-refractivity contribution in [3.8, 4) is 11.1 Å². The standard InChI is InChI=1S/C16H15N5O/c1-9-2-3-11(8-22)12(6-9)10-4-5-14-13(7-10)15(21-18)20-16(17)19-14/h2-8H,18H2,1H3,(H3,17,19,20,21). The van der Waals surface area contributed by atoms with Crippen LogP contribution in [0.25, 0.3) is 22.0 Å². The predicted molar refractivity (Wildman–Crippen MR) is 87.3 cm³/mol. The topological polar surface area (TPSA) is 107 Å². The molecule has 0 aliphatic heterocycles. The normalized spacial score (nSPS) is 10.6. The summed E-state index contributed by atoms with van der Waals surface area (Å²) in [7, 11) is 0. The summed E-state index contributed by atoms with van der Waals surface area (Å²) >= 11 is 0. The molecule has 0 aliphatic rings. The van der Waals surface area contributed by atoms with Crippen LogP contribution in [0.15, 0.2) is 36.4 Å². The van der Waals surface area contributed by atoms with Crippen molar-refractivity contribution in [2.75, 3.05) is 11.2 Å². The minimum Gasteiger partial charge on any atom is -0.368 e. The Kier molecular flexibility index (Phi) is 3.44. The summed E-state index contributed by atoms with van der Waals surface area (Å²) in [4.78, 5) is 19.5. The molecule has 1 heterocycles. The molecule has 3 aromatic rings. The number of nitrogens with two attached hydrogens (primary N) is 2. The van der Waals surface area contributed by atoms with Gasteiger partial charge in [0, 0.05) is 10.9 Å². The fourth-order valence-corrected chi connectivity index (χ4v) is 2.45. The molecule has 3 rings (SSSR count). The minimum absolute atomic E-state index is 0.150. The third-order valence-electron chi connectivity index (χ3n) is 3.50. The molecule has 0 spiro atoms. The van der Waals surface area contributed by atoms with E-state index in [0.717, 1.165) is 28.4 Å². The molecule has 0 amide bonds. The van der Waals surface area contributed by atoms with Crippen molar-refractivity contribution in [1.29, 1.82) is 0 Å². The van der Waals surface area contributed by atoms with Gasteiger partial charge in [-0.05, 0) is 30.2 Å². The number of anilines is 2. The van der Waals surface area contributed by atoms with E-state index in [9.17, 15) is 4.79 Å². The molecule has 6 heteroatoms. The second-order valence-electron chi connectivity index (χ2n) is 5.02. The van der Waals surface area contributed by atoms with Gasteiger partial charge < -0.3 is 11.2 Å². The maximum Gasteiger partial charge on any atom is 0.222 e. The van der Waals surface area contributed by atoms with Crippen LogP contribution in [-0.2, 0) is 0 Å². The van der Waals surface area contributed by atoms with E-state index >= 15 is 0 Å². The third kappa shape index (κ3) is 2.36. The second-order valence-corrected chi connectivity index (χ2v) is 5.02. The lowest BCUT2D eigenvalue weighted by Crippen LogP contribution is -2.11. The Morgan fingerprint density at radius 2 is 1.95 bits per heavy atom. The van der Waals surface area contributed by atoms with Gasteiger partial charge in [-0.3, -0.25) is 4.79 Å². The number of nitrogens with one attached hydrogen (secondary N) is 1. The molecule has 1 aromatic heterocycles. The number of carbonyl (C=O) groups is 1. The molecule has 0 saturated heterocycles. The zero-order valence-electron chi connectivity index (χ0n) is 12.0. The van der Waals surface area contributed by atoms with E-state index in [-0.39, 0.29) is 5.95 Å². The van der Waals surface area contributed by atoms with Crippen molar-refractivity contribution >= 4 is 29.0 Å². The van der Waals surface area contributed by atoms with E-state index in [1.54, 1.807) is 0 Å². The van der Waals surface area contributed by atoms with Crippen molar-refractivity contribution in [1.82, 2.24) is 9.97 Å². The highest BCUT2D eigenvalue weighted by molar-refractivity contribution is 5.96. The van der Waals surface area contributed by atoms with Gasteiger partial charge >= 0.3 is 0 Å². The Bertz CT molecular complexity index is 876. The monoisotopic (exact) mass is 293 g/mol. The number of hydrazine groups is 1. The number of hydrogen-bond donors (Lipinski definition) is 3. The first-order chi connectivity index (χ1) is 10.6. The summed E-state index contributed by atoms with van der Waals surface area (Å²) < 4.78 is 0. The van der Waals surface area contributed by atoms with Gasteiger partial charge in [-0.15, -0.1) is 0 Å². The largest absolute Gasteiger partial charge is 0.368 e. The molecule has 22 heavy (non-hydrogen) atoms. The summed E-state index contributed by atoms with van der Waals surface area (Å²) in [5.41, 5.74) is 12.3. The number of aromatic nitrogens is 2. The third-order valence-corrected chi connectivity index (χ3v) is 3.50. The highest BCUT2D eigenvalue weighted by atomic mass is 16.1. The Balaban J connectivity index is 2.27. The summed E-state index contributed by atoms with van der Waals surface area (Å²) in [6.07, 6.45) is 0.848. The number of fused-ring (bicyclic) bond motifs is 1. The smallest absolute Gasteiger partial charge is 0.222 e. The maximum atomic E-state index is 11.3. The van der Waals surface area contributed by atoms with Crippen molar-refractivity contribution in [2.45, 2.75) is 6.92 Å². The van der Waals surface area contributed by atoms with Gasteiger partial charge in [0.05, 0.1) is 5.52 Å². The summed E-state index contributed by atoms with van der Waals surface area (Å²) in [5.74, 6) is 6.10. The zero-order valence-corrected chi connectivity index (χ0v) is 12.0. The van der Waals surface area contributed by atoms with Crippen LogP contribution in [0.2, 0.25) is 0 Å². The average molecular weight is 293 g/mol. The van der Waals surface area contributed by atoms with Crippen LogP contribution in [-0.4, -0.2) is 16.3 Å². The molecule has 0 fully saturated rings. The van der Waals surface area contributed by atoms with Crippen molar-refractivity contribution < 1.29 is 4.79 Å². The number of benzene rings is 2. The van der Waals surface area contributed by atoms with Crippen LogP contribution in [0, 0.1) is 6.92 Å². The Morgan fingerprint density at radius 3 is 2.68 bits per heavy atom. The fraction of sp³-hybridized carbons (Fsp3) is 0.0625. The van der Waals surface area contributed by atoms with E-state index < -0.39 is 0 Å². The van der Waals surface area contributed by atoms with Crippen molar-refractivity contribution in [2.24, 2.45) is 5.84 Å². The fourth-order valence-electron chi connectivity index (χ4n) is 2.45. The van der Waals surface area contributed by atoms with Gasteiger partial charge in [0.1, 0.15) is 0 Å². The molecule has 0 bridgehead atoms. The maximum absolute atomic E-state index is 11.3. The molecule has 2 aromatic carbocycles. The Hall–Kier alpha value is -2.99. The van der Waals surface area contributed by atoms with Gasteiger partial charge in [0.2, 0.25) is 5.95 Å². The highest BCUT2D eigenvalue weighted by Crippen LogP contribution is 2.29. The lowest BCUT2D eigenvalue weighted by atomic mass is 9.97. The number of rotatable bonds is 3. The number of nitrogens with zero attached hydrogens (tertiary/aromatic N) is 2. The van der Waals surface area contributed by atoms with E-state index in [1.807, 2.05) is 43.3 Å². The number of carbonyl (C=O) groups excluding carboxylic acids is 1. The van der Waals surface area contributed by atoms with E-state index in [2.05, 4.69) is 15.4 Å². The Morgan fingerprint density at radius 1 is 1.14 bits per heavy atom. The van der Waals surface area contributed by atoms with Gasteiger partial charge in [0.25, 0.3) is 0 Å². The molecule has 0 saturated carbocycles. The Labute approximate surface area is 127 Å². The SMILES string of the molecule is Cc1ccc(C=O)c(-c2ccc3nc(N)nc(NN)c3c2)c1. The van der Waals surface area contributed by atoms with Crippen LogP contribution in [0.5, 0.6) is 0 Å². The van der Waals surface area contributed by atoms with Crippen molar-refractivity contribution in [3.05, 3.63) is 47.5 Å².